The maximum absolute atomic E-state index is 12.2. The number of hydrogen-bond donors (Lipinski definition) is 1. The molecule has 1 aromatic rings. The Hall–Kier alpha value is -1.91. The van der Waals surface area contributed by atoms with Crippen molar-refractivity contribution in [1.29, 1.82) is 0 Å². The number of ether oxygens (including phenoxy) is 3. The third-order valence-corrected chi connectivity index (χ3v) is 4.41. The summed E-state index contributed by atoms with van der Waals surface area (Å²) in [5, 5.41) is 3.08. The van der Waals surface area contributed by atoms with Crippen molar-refractivity contribution in [3.05, 3.63) is 17.7 Å². The van der Waals surface area contributed by atoms with Gasteiger partial charge in [0.2, 0.25) is 5.75 Å². The van der Waals surface area contributed by atoms with E-state index in [1.807, 2.05) is 19.1 Å². The molecule has 1 aliphatic rings. The fraction of sp³-hybridized carbons (Fsp3) is 0.611. The summed E-state index contributed by atoms with van der Waals surface area (Å²) in [5.41, 5.74) is 1.01. The zero-order chi connectivity index (χ0) is 16.8. The first-order valence-corrected chi connectivity index (χ1v) is 8.20. The average Bonchev–Trinajstić information content (AvgIpc) is 2.54. The first-order chi connectivity index (χ1) is 11.0. The monoisotopic (exact) mass is 321 g/mol. The van der Waals surface area contributed by atoms with Crippen molar-refractivity contribution >= 4 is 5.91 Å². The number of amides is 1. The van der Waals surface area contributed by atoms with E-state index in [-0.39, 0.29) is 18.6 Å². The highest BCUT2D eigenvalue weighted by atomic mass is 16.5. The molecule has 0 aromatic heterocycles. The summed E-state index contributed by atoms with van der Waals surface area (Å²) in [6.07, 6.45) is 4.65. The second-order valence-electron chi connectivity index (χ2n) is 6.22. The maximum atomic E-state index is 12.2. The molecule has 0 bridgehead atoms. The quantitative estimate of drug-likeness (QED) is 0.875. The predicted octanol–water partition coefficient (Wildman–Crippen LogP) is 3.09. The van der Waals surface area contributed by atoms with Crippen LogP contribution in [-0.4, -0.2) is 32.8 Å². The Labute approximate surface area is 138 Å². The molecule has 1 aliphatic carbocycles. The number of carbonyl (C=O) groups is 1. The molecule has 2 rings (SSSR count). The van der Waals surface area contributed by atoms with Crippen LogP contribution >= 0.6 is 0 Å². The largest absolute Gasteiger partial charge is 0.493 e. The van der Waals surface area contributed by atoms with Crippen LogP contribution in [0.4, 0.5) is 0 Å². The lowest BCUT2D eigenvalue weighted by Gasteiger charge is -2.29. The maximum Gasteiger partial charge on any atom is 0.258 e. The summed E-state index contributed by atoms with van der Waals surface area (Å²) in [4.78, 5) is 12.2. The number of carbonyl (C=O) groups excluding carboxylic acids is 1. The Balaban J connectivity index is 1.98. The van der Waals surface area contributed by atoms with Crippen molar-refractivity contribution in [3.63, 3.8) is 0 Å². The molecular formula is C18H27NO4. The summed E-state index contributed by atoms with van der Waals surface area (Å²) < 4.78 is 16.3. The molecule has 0 spiro atoms. The van der Waals surface area contributed by atoms with Crippen LogP contribution in [-0.2, 0) is 4.79 Å². The first kappa shape index (κ1) is 17.4. The minimum atomic E-state index is -0.103. The summed E-state index contributed by atoms with van der Waals surface area (Å²) in [7, 11) is 3.15. The summed E-state index contributed by atoms with van der Waals surface area (Å²) in [6.45, 7) is 4.10. The first-order valence-electron chi connectivity index (χ1n) is 8.20. The minimum Gasteiger partial charge on any atom is -0.493 e. The summed E-state index contributed by atoms with van der Waals surface area (Å²) >= 11 is 0. The lowest BCUT2D eigenvalue weighted by molar-refractivity contribution is -0.124. The fourth-order valence-electron chi connectivity index (χ4n) is 3.07. The van der Waals surface area contributed by atoms with Crippen molar-refractivity contribution in [2.75, 3.05) is 20.8 Å². The van der Waals surface area contributed by atoms with Crippen LogP contribution in [0.25, 0.3) is 0 Å². The van der Waals surface area contributed by atoms with Gasteiger partial charge < -0.3 is 19.5 Å². The summed E-state index contributed by atoms with van der Waals surface area (Å²) in [6, 6.07) is 3.97. The molecule has 1 fully saturated rings. The molecule has 1 N–H and O–H groups in total. The van der Waals surface area contributed by atoms with E-state index in [0.29, 0.717) is 23.2 Å². The van der Waals surface area contributed by atoms with Crippen LogP contribution in [0.5, 0.6) is 17.2 Å². The van der Waals surface area contributed by atoms with Crippen LogP contribution < -0.4 is 19.5 Å². The van der Waals surface area contributed by atoms with E-state index < -0.39 is 0 Å². The molecule has 1 amide bonds. The molecule has 0 saturated heterocycles. The van der Waals surface area contributed by atoms with Crippen LogP contribution in [0.2, 0.25) is 0 Å². The van der Waals surface area contributed by atoms with Gasteiger partial charge in [-0.25, -0.2) is 0 Å². The van der Waals surface area contributed by atoms with Gasteiger partial charge in [0.1, 0.15) is 0 Å². The highest BCUT2D eigenvalue weighted by Crippen LogP contribution is 2.38. The highest BCUT2D eigenvalue weighted by Gasteiger charge is 2.23. The Kier molecular flexibility index (Phi) is 6.13. The van der Waals surface area contributed by atoms with E-state index >= 15 is 0 Å². The van der Waals surface area contributed by atoms with E-state index in [4.69, 9.17) is 14.2 Å². The molecule has 23 heavy (non-hydrogen) atoms. The summed E-state index contributed by atoms with van der Waals surface area (Å²) in [5.74, 6) is 2.03. The third-order valence-electron chi connectivity index (χ3n) is 4.41. The van der Waals surface area contributed by atoms with Gasteiger partial charge in [-0.2, -0.15) is 0 Å². The van der Waals surface area contributed by atoms with Crippen molar-refractivity contribution in [2.24, 2.45) is 5.92 Å². The fourth-order valence-corrected chi connectivity index (χ4v) is 3.07. The number of nitrogens with one attached hydrogen (secondary N) is 1. The zero-order valence-electron chi connectivity index (χ0n) is 14.5. The molecule has 1 aromatic carbocycles. The molecular weight excluding hydrogens is 294 g/mol. The van der Waals surface area contributed by atoms with Gasteiger partial charge >= 0.3 is 0 Å². The molecule has 128 valence electrons. The smallest absolute Gasteiger partial charge is 0.258 e. The Bertz CT molecular complexity index is 519. The van der Waals surface area contributed by atoms with E-state index in [0.717, 1.165) is 12.0 Å². The van der Waals surface area contributed by atoms with Gasteiger partial charge in [0.25, 0.3) is 5.91 Å². The molecule has 2 atom stereocenters. The van der Waals surface area contributed by atoms with Gasteiger partial charge in [0.05, 0.1) is 14.2 Å². The number of rotatable bonds is 6. The normalized spacial score (nSPS) is 20.7. The van der Waals surface area contributed by atoms with E-state index in [9.17, 15) is 4.79 Å². The number of hydrogen-bond acceptors (Lipinski definition) is 4. The van der Waals surface area contributed by atoms with Crippen molar-refractivity contribution in [3.8, 4) is 17.2 Å². The number of aryl methyl sites for hydroxylation is 1. The lowest BCUT2D eigenvalue weighted by atomic mass is 9.86. The van der Waals surface area contributed by atoms with Crippen molar-refractivity contribution < 1.29 is 19.0 Å². The number of methoxy groups -OCH3 is 2. The van der Waals surface area contributed by atoms with Crippen LogP contribution in [0.3, 0.4) is 0 Å². The standard InChI is InChI=1S/C18H27NO4/c1-12-9-15(21-3)18(16(10-12)22-4)23-11-17(20)19-14-8-6-5-7-13(14)2/h9-10,13-14H,5-8,11H2,1-4H3,(H,19,20)/t13-,14-/m0/s1. The van der Waals surface area contributed by atoms with Crippen molar-refractivity contribution in [2.45, 2.75) is 45.6 Å². The molecule has 0 aliphatic heterocycles. The van der Waals surface area contributed by atoms with E-state index in [1.54, 1.807) is 14.2 Å². The predicted molar refractivity (Wildman–Crippen MR) is 89.3 cm³/mol. The van der Waals surface area contributed by atoms with Gasteiger partial charge in [-0.3, -0.25) is 4.79 Å². The Morgan fingerprint density at radius 1 is 1.17 bits per heavy atom. The second kappa shape index (κ2) is 8.09. The van der Waals surface area contributed by atoms with Crippen molar-refractivity contribution in [1.82, 2.24) is 5.32 Å². The lowest BCUT2D eigenvalue weighted by Crippen LogP contribution is -2.43. The van der Waals surface area contributed by atoms with E-state index in [1.165, 1.54) is 19.3 Å². The SMILES string of the molecule is COc1cc(C)cc(OC)c1OCC(=O)N[C@H]1CCCC[C@@H]1C. The van der Waals surface area contributed by atoms with Gasteiger partial charge in [-0.15, -0.1) is 0 Å². The molecule has 0 heterocycles. The van der Waals surface area contributed by atoms with Gasteiger partial charge in [-0.1, -0.05) is 19.8 Å². The zero-order valence-corrected chi connectivity index (χ0v) is 14.5. The van der Waals surface area contributed by atoms with Gasteiger partial charge in [-0.05, 0) is 43.4 Å². The average molecular weight is 321 g/mol. The molecule has 0 unspecified atom stereocenters. The molecule has 1 saturated carbocycles. The van der Waals surface area contributed by atoms with Crippen LogP contribution in [0.15, 0.2) is 12.1 Å². The van der Waals surface area contributed by atoms with Gasteiger partial charge in [0, 0.05) is 6.04 Å². The topological polar surface area (TPSA) is 56.8 Å². The molecule has 0 radical (unpaired) electrons. The number of benzene rings is 1. The minimum absolute atomic E-state index is 0.0427. The van der Waals surface area contributed by atoms with Crippen LogP contribution in [0.1, 0.15) is 38.2 Å². The third kappa shape index (κ3) is 4.53. The van der Waals surface area contributed by atoms with Crippen LogP contribution in [0, 0.1) is 12.8 Å². The second-order valence-corrected chi connectivity index (χ2v) is 6.22. The Morgan fingerprint density at radius 3 is 2.35 bits per heavy atom. The van der Waals surface area contributed by atoms with Gasteiger partial charge in [0.15, 0.2) is 18.1 Å². The Morgan fingerprint density at radius 2 is 1.78 bits per heavy atom. The molecule has 5 heteroatoms. The highest BCUT2D eigenvalue weighted by molar-refractivity contribution is 5.78. The van der Waals surface area contributed by atoms with E-state index in [2.05, 4.69) is 12.2 Å². The molecule has 5 nitrogen and oxygen atoms in total.